The first kappa shape index (κ1) is 10.0. The SMILES string of the molecule is O=Cc1cc2scc(S)c2cc1CCl. The summed E-state index contributed by atoms with van der Waals surface area (Å²) in [5.41, 5.74) is 1.53. The molecule has 0 aliphatic rings. The molecule has 0 fully saturated rings. The fraction of sp³-hybridized carbons (Fsp3) is 0.100. The second-order valence-electron chi connectivity index (χ2n) is 2.92. The number of carbonyl (C=O) groups excluding carboxylic acids is 1. The second-order valence-corrected chi connectivity index (χ2v) is 4.58. The van der Waals surface area contributed by atoms with Crippen LogP contribution in [-0.2, 0) is 5.88 Å². The monoisotopic (exact) mass is 242 g/mol. The maximum Gasteiger partial charge on any atom is 0.150 e. The summed E-state index contributed by atoms with van der Waals surface area (Å²) in [6.45, 7) is 0. The van der Waals surface area contributed by atoms with Crippen LogP contribution >= 0.6 is 35.6 Å². The third-order valence-corrected chi connectivity index (χ3v) is 3.86. The Balaban J connectivity index is 2.77. The van der Waals surface area contributed by atoms with Crippen molar-refractivity contribution >= 4 is 51.9 Å². The predicted molar refractivity (Wildman–Crippen MR) is 64.0 cm³/mol. The smallest absolute Gasteiger partial charge is 0.150 e. The van der Waals surface area contributed by atoms with Gasteiger partial charge in [0.25, 0.3) is 0 Å². The van der Waals surface area contributed by atoms with Gasteiger partial charge in [-0.05, 0) is 17.7 Å². The molecule has 0 spiro atoms. The molecule has 0 amide bonds. The Labute approximate surface area is 96.1 Å². The number of hydrogen-bond donors (Lipinski definition) is 1. The van der Waals surface area contributed by atoms with Crippen molar-refractivity contribution in [3.05, 3.63) is 28.6 Å². The number of aldehydes is 1. The van der Waals surface area contributed by atoms with Crippen LogP contribution in [0.4, 0.5) is 0 Å². The number of thiol groups is 1. The number of benzene rings is 1. The van der Waals surface area contributed by atoms with Crippen LogP contribution in [0.5, 0.6) is 0 Å². The molecular weight excluding hydrogens is 236 g/mol. The Bertz CT molecular complexity index is 490. The Hall–Kier alpha value is -0.510. The number of carbonyl (C=O) groups is 1. The van der Waals surface area contributed by atoms with E-state index in [0.717, 1.165) is 26.8 Å². The maximum absolute atomic E-state index is 10.8. The van der Waals surface area contributed by atoms with Gasteiger partial charge in [0.05, 0.1) is 0 Å². The topological polar surface area (TPSA) is 17.1 Å². The largest absolute Gasteiger partial charge is 0.298 e. The number of hydrogen-bond acceptors (Lipinski definition) is 3. The van der Waals surface area contributed by atoms with Crippen LogP contribution in [-0.4, -0.2) is 6.29 Å². The van der Waals surface area contributed by atoms with Gasteiger partial charge in [-0.15, -0.1) is 35.6 Å². The third kappa shape index (κ3) is 1.56. The van der Waals surface area contributed by atoms with E-state index in [1.54, 1.807) is 11.3 Å². The van der Waals surface area contributed by atoms with Gasteiger partial charge in [-0.1, -0.05) is 0 Å². The summed E-state index contributed by atoms with van der Waals surface area (Å²) < 4.78 is 1.07. The first-order valence-corrected chi connectivity index (χ1v) is 5.86. The zero-order valence-electron chi connectivity index (χ0n) is 7.16. The maximum atomic E-state index is 10.8. The van der Waals surface area contributed by atoms with Gasteiger partial charge in [0.15, 0.2) is 0 Å². The average Bonchev–Trinajstić information content (AvgIpc) is 2.58. The molecule has 1 nitrogen and oxygen atoms in total. The molecule has 1 aromatic heterocycles. The lowest BCUT2D eigenvalue weighted by atomic mass is 10.1. The molecule has 1 heterocycles. The molecule has 0 saturated heterocycles. The van der Waals surface area contributed by atoms with Gasteiger partial charge in [0.1, 0.15) is 6.29 Å². The molecule has 14 heavy (non-hydrogen) atoms. The van der Waals surface area contributed by atoms with Crippen LogP contribution in [0.2, 0.25) is 0 Å². The fourth-order valence-electron chi connectivity index (χ4n) is 1.35. The normalized spacial score (nSPS) is 10.7. The summed E-state index contributed by atoms with van der Waals surface area (Å²) in [6.07, 6.45) is 0.842. The Morgan fingerprint density at radius 2 is 2.29 bits per heavy atom. The molecule has 72 valence electrons. The highest BCUT2D eigenvalue weighted by Gasteiger charge is 2.06. The van der Waals surface area contributed by atoms with Gasteiger partial charge in [-0.3, -0.25) is 4.79 Å². The standard InChI is InChI=1S/C10H7ClOS2/c11-3-6-1-8-9(13)5-14-10(8)2-7(6)4-12/h1-2,4-5,13H,3H2. The van der Waals surface area contributed by atoms with Gasteiger partial charge in [-0.25, -0.2) is 0 Å². The summed E-state index contributed by atoms with van der Waals surface area (Å²) in [4.78, 5) is 11.7. The van der Waals surface area contributed by atoms with E-state index in [1.807, 2.05) is 17.5 Å². The molecular formula is C10H7ClOS2. The first-order chi connectivity index (χ1) is 6.76. The van der Waals surface area contributed by atoms with Gasteiger partial charge >= 0.3 is 0 Å². The number of halogens is 1. The minimum absolute atomic E-state index is 0.354. The minimum atomic E-state index is 0.354. The van der Waals surface area contributed by atoms with Crippen LogP contribution in [0.1, 0.15) is 15.9 Å². The zero-order valence-corrected chi connectivity index (χ0v) is 9.63. The van der Waals surface area contributed by atoms with Crippen molar-refractivity contribution in [2.45, 2.75) is 10.8 Å². The van der Waals surface area contributed by atoms with Crippen molar-refractivity contribution in [1.29, 1.82) is 0 Å². The summed E-state index contributed by atoms with van der Waals surface area (Å²) in [5.74, 6) is 0.354. The van der Waals surface area contributed by atoms with E-state index in [-0.39, 0.29) is 0 Å². The van der Waals surface area contributed by atoms with Crippen molar-refractivity contribution < 1.29 is 4.79 Å². The number of rotatable bonds is 2. The van der Waals surface area contributed by atoms with E-state index in [1.165, 1.54) is 0 Å². The molecule has 0 bridgehead atoms. The summed E-state index contributed by atoms with van der Waals surface area (Å²) >= 11 is 11.7. The van der Waals surface area contributed by atoms with Crippen LogP contribution in [0, 0.1) is 0 Å². The molecule has 1 aromatic carbocycles. The lowest BCUT2D eigenvalue weighted by Gasteiger charge is -2.01. The number of fused-ring (bicyclic) bond motifs is 1. The van der Waals surface area contributed by atoms with Crippen LogP contribution in [0.3, 0.4) is 0 Å². The molecule has 0 saturated carbocycles. The summed E-state index contributed by atoms with van der Waals surface area (Å²) in [7, 11) is 0. The highest BCUT2D eigenvalue weighted by molar-refractivity contribution is 7.80. The van der Waals surface area contributed by atoms with Crippen molar-refractivity contribution in [2.75, 3.05) is 0 Å². The molecule has 0 aliphatic heterocycles. The van der Waals surface area contributed by atoms with Crippen molar-refractivity contribution in [1.82, 2.24) is 0 Å². The minimum Gasteiger partial charge on any atom is -0.298 e. The van der Waals surface area contributed by atoms with Gasteiger partial charge < -0.3 is 0 Å². The highest BCUT2D eigenvalue weighted by atomic mass is 35.5. The van der Waals surface area contributed by atoms with Gasteiger partial charge in [0, 0.05) is 31.8 Å². The molecule has 0 unspecified atom stereocenters. The number of thiophene rings is 1. The molecule has 0 atom stereocenters. The van der Waals surface area contributed by atoms with Crippen LogP contribution in [0.25, 0.3) is 10.1 Å². The quantitative estimate of drug-likeness (QED) is 0.482. The van der Waals surface area contributed by atoms with Gasteiger partial charge in [0.2, 0.25) is 0 Å². The third-order valence-electron chi connectivity index (χ3n) is 2.09. The highest BCUT2D eigenvalue weighted by Crippen LogP contribution is 2.31. The van der Waals surface area contributed by atoms with Gasteiger partial charge in [-0.2, -0.15) is 0 Å². The first-order valence-electron chi connectivity index (χ1n) is 4.00. The lowest BCUT2D eigenvalue weighted by molar-refractivity contribution is 0.112. The lowest BCUT2D eigenvalue weighted by Crippen LogP contribution is -1.88. The van der Waals surface area contributed by atoms with Crippen molar-refractivity contribution in [3.8, 4) is 0 Å². The molecule has 0 radical (unpaired) electrons. The number of alkyl halides is 1. The Morgan fingerprint density at radius 3 is 2.93 bits per heavy atom. The molecule has 4 heteroatoms. The van der Waals surface area contributed by atoms with Crippen LogP contribution < -0.4 is 0 Å². The van der Waals surface area contributed by atoms with Crippen molar-refractivity contribution in [2.24, 2.45) is 0 Å². The van der Waals surface area contributed by atoms with E-state index in [2.05, 4.69) is 12.6 Å². The zero-order chi connectivity index (χ0) is 10.1. The second kappa shape index (κ2) is 3.93. The van der Waals surface area contributed by atoms with E-state index >= 15 is 0 Å². The molecule has 0 N–H and O–H groups in total. The molecule has 2 aromatic rings. The van der Waals surface area contributed by atoms with E-state index < -0.39 is 0 Å². The van der Waals surface area contributed by atoms with Crippen molar-refractivity contribution in [3.63, 3.8) is 0 Å². The van der Waals surface area contributed by atoms with E-state index in [4.69, 9.17) is 11.6 Å². The predicted octanol–water partition coefficient (Wildman–Crippen LogP) is 3.74. The average molecular weight is 243 g/mol. The summed E-state index contributed by atoms with van der Waals surface area (Å²) in [5, 5.41) is 3.03. The molecule has 2 rings (SSSR count). The fourth-order valence-corrected chi connectivity index (χ4v) is 2.85. The van der Waals surface area contributed by atoms with E-state index in [0.29, 0.717) is 11.4 Å². The van der Waals surface area contributed by atoms with Crippen LogP contribution in [0.15, 0.2) is 22.4 Å². The molecule has 0 aliphatic carbocycles. The Kier molecular flexibility index (Phi) is 2.81. The van der Waals surface area contributed by atoms with E-state index in [9.17, 15) is 4.79 Å². The summed E-state index contributed by atoms with van der Waals surface area (Å²) in [6, 6.07) is 3.80. The Morgan fingerprint density at radius 1 is 1.50 bits per heavy atom.